The molecule has 0 unspecified atom stereocenters. The van der Waals surface area contributed by atoms with Gasteiger partial charge in [-0.25, -0.2) is 0 Å². The number of hydrogen-bond donors (Lipinski definition) is 3. The van der Waals surface area contributed by atoms with Crippen molar-refractivity contribution in [2.24, 2.45) is 5.73 Å². The summed E-state index contributed by atoms with van der Waals surface area (Å²) in [6, 6.07) is 6.86. The summed E-state index contributed by atoms with van der Waals surface area (Å²) < 4.78 is 1.81. The molecule has 1 aromatic carbocycles. The van der Waals surface area contributed by atoms with Crippen molar-refractivity contribution in [1.29, 1.82) is 0 Å². The number of anilines is 1. The van der Waals surface area contributed by atoms with Crippen LogP contribution in [0.15, 0.2) is 30.5 Å². The van der Waals surface area contributed by atoms with Gasteiger partial charge in [0, 0.05) is 18.8 Å². The first-order valence-electron chi connectivity index (χ1n) is 8.19. The quantitative estimate of drug-likeness (QED) is 0.771. The predicted molar refractivity (Wildman–Crippen MR) is 97.7 cm³/mol. The molecule has 0 spiro atoms. The lowest BCUT2D eigenvalue weighted by atomic mass is 10.1. The van der Waals surface area contributed by atoms with Gasteiger partial charge in [-0.15, -0.1) is 0 Å². The van der Waals surface area contributed by atoms with Gasteiger partial charge in [-0.1, -0.05) is 12.1 Å². The number of benzene rings is 1. The SMILES string of the molecule is Cc1c(C(=O)Nc2ccccc2C(=O)NCCN)cnn1C(C)(C)C. The smallest absolute Gasteiger partial charge is 0.259 e. The van der Waals surface area contributed by atoms with E-state index in [1.807, 2.05) is 32.4 Å². The molecule has 7 nitrogen and oxygen atoms in total. The maximum atomic E-state index is 12.6. The summed E-state index contributed by atoms with van der Waals surface area (Å²) in [5, 5.41) is 9.82. The number of rotatable bonds is 5. The van der Waals surface area contributed by atoms with Crippen LogP contribution in [0.1, 0.15) is 47.2 Å². The van der Waals surface area contributed by atoms with Crippen LogP contribution in [0.3, 0.4) is 0 Å². The molecule has 25 heavy (non-hydrogen) atoms. The number of nitrogens with two attached hydrogens (primary N) is 1. The molecule has 7 heteroatoms. The van der Waals surface area contributed by atoms with E-state index in [-0.39, 0.29) is 17.4 Å². The van der Waals surface area contributed by atoms with Crippen LogP contribution in [-0.2, 0) is 5.54 Å². The topological polar surface area (TPSA) is 102 Å². The minimum absolute atomic E-state index is 0.220. The summed E-state index contributed by atoms with van der Waals surface area (Å²) in [5.41, 5.74) is 7.29. The molecule has 2 rings (SSSR count). The van der Waals surface area contributed by atoms with Crippen LogP contribution in [0, 0.1) is 6.92 Å². The van der Waals surface area contributed by atoms with Crippen LogP contribution in [0.25, 0.3) is 0 Å². The zero-order chi connectivity index (χ0) is 18.6. The van der Waals surface area contributed by atoms with E-state index in [9.17, 15) is 9.59 Å². The first-order valence-corrected chi connectivity index (χ1v) is 8.19. The molecule has 4 N–H and O–H groups in total. The number of carbonyl (C=O) groups is 2. The molecule has 0 radical (unpaired) electrons. The Balaban J connectivity index is 2.25. The molecule has 0 fully saturated rings. The van der Waals surface area contributed by atoms with Crippen molar-refractivity contribution in [2.45, 2.75) is 33.2 Å². The molecule has 0 saturated carbocycles. The average molecular weight is 343 g/mol. The second-order valence-electron chi connectivity index (χ2n) is 6.77. The van der Waals surface area contributed by atoms with E-state index in [0.29, 0.717) is 29.9 Å². The lowest BCUT2D eigenvalue weighted by Crippen LogP contribution is -2.30. The van der Waals surface area contributed by atoms with Crippen LogP contribution >= 0.6 is 0 Å². The molecular formula is C18H25N5O2. The van der Waals surface area contributed by atoms with Gasteiger partial charge in [0.15, 0.2) is 0 Å². The first kappa shape index (κ1) is 18.7. The molecule has 0 aliphatic heterocycles. The second-order valence-corrected chi connectivity index (χ2v) is 6.77. The van der Waals surface area contributed by atoms with Gasteiger partial charge in [0.2, 0.25) is 0 Å². The van der Waals surface area contributed by atoms with Crippen molar-refractivity contribution in [3.8, 4) is 0 Å². The van der Waals surface area contributed by atoms with E-state index in [4.69, 9.17) is 5.73 Å². The molecule has 2 aromatic rings. The van der Waals surface area contributed by atoms with Gasteiger partial charge in [0.25, 0.3) is 11.8 Å². The molecule has 1 aromatic heterocycles. The highest BCUT2D eigenvalue weighted by atomic mass is 16.2. The lowest BCUT2D eigenvalue weighted by molar-refractivity contribution is 0.0955. The van der Waals surface area contributed by atoms with Crippen molar-refractivity contribution in [3.63, 3.8) is 0 Å². The number of hydrogen-bond acceptors (Lipinski definition) is 4. The van der Waals surface area contributed by atoms with Gasteiger partial charge in [-0.3, -0.25) is 14.3 Å². The van der Waals surface area contributed by atoms with Crippen molar-refractivity contribution in [3.05, 3.63) is 47.3 Å². The Hall–Kier alpha value is -2.67. The van der Waals surface area contributed by atoms with Gasteiger partial charge in [-0.05, 0) is 39.8 Å². The Morgan fingerprint density at radius 2 is 1.84 bits per heavy atom. The van der Waals surface area contributed by atoms with E-state index in [1.165, 1.54) is 0 Å². The van der Waals surface area contributed by atoms with Crippen LogP contribution in [0.5, 0.6) is 0 Å². The Bertz CT molecular complexity index is 774. The van der Waals surface area contributed by atoms with Gasteiger partial charge in [0.05, 0.1) is 28.6 Å². The predicted octanol–water partition coefficient (Wildman–Crippen LogP) is 1.89. The number of nitrogens with zero attached hydrogens (tertiary/aromatic N) is 2. The fraction of sp³-hybridized carbons (Fsp3) is 0.389. The third-order valence-corrected chi connectivity index (χ3v) is 3.74. The molecule has 0 bridgehead atoms. The highest BCUT2D eigenvalue weighted by Gasteiger charge is 2.22. The summed E-state index contributed by atoms with van der Waals surface area (Å²) in [5.74, 6) is -0.574. The monoisotopic (exact) mass is 343 g/mol. The van der Waals surface area contributed by atoms with Crippen LogP contribution in [0.4, 0.5) is 5.69 Å². The van der Waals surface area contributed by atoms with E-state index in [0.717, 1.165) is 5.69 Å². The zero-order valence-corrected chi connectivity index (χ0v) is 15.1. The zero-order valence-electron chi connectivity index (χ0n) is 15.1. The molecular weight excluding hydrogens is 318 g/mol. The summed E-state index contributed by atoms with van der Waals surface area (Å²) in [7, 11) is 0. The van der Waals surface area contributed by atoms with Gasteiger partial charge in [0.1, 0.15) is 0 Å². The third-order valence-electron chi connectivity index (χ3n) is 3.74. The van der Waals surface area contributed by atoms with Gasteiger partial charge < -0.3 is 16.4 Å². The molecule has 0 aliphatic carbocycles. The highest BCUT2D eigenvalue weighted by molar-refractivity contribution is 6.09. The Labute approximate surface area is 147 Å². The average Bonchev–Trinajstić information content (AvgIpc) is 2.95. The number of nitrogens with one attached hydrogen (secondary N) is 2. The van der Waals surface area contributed by atoms with Gasteiger partial charge in [-0.2, -0.15) is 5.10 Å². The van der Waals surface area contributed by atoms with Crippen molar-refractivity contribution in [1.82, 2.24) is 15.1 Å². The fourth-order valence-corrected chi connectivity index (χ4v) is 2.57. The maximum Gasteiger partial charge on any atom is 0.259 e. The Kier molecular flexibility index (Phi) is 5.58. The summed E-state index contributed by atoms with van der Waals surface area (Å²) >= 11 is 0. The number of para-hydroxylation sites is 1. The van der Waals surface area contributed by atoms with Crippen molar-refractivity contribution >= 4 is 17.5 Å². The molecule has 1 heterocycles. The van der Waals surface area contributed by atoms with E-state index in [2.05, 4.69) is 15.7 Å². The molecule has 0 aliphatic rings. The normalized spacial score (nSPS) is 11.2. The minimum Gasteiger partial charge on any atom is -0.351 e. The molecule has 2 amide bonds. The van der Waals surface area contributed by atoms with Crippen LogP contribution in [-0.4, -0.2) is 34.7 Å². The minimum atomic E-state index is -0.299. The Morgan fingerprint density at radius 1 is 1.16 bits per heavy atom. The third kappa shape index (κ3) is 4.24. The largest absolute Gasteiger partial charge is 0.351 e. The molecule has 0 atom stereocenters. The number of carbonyl (C=O) groups excluding carboxylic acids is 2. The second kappa shape index (κ2) is 7.48. The van der Waals surface area contributed by atoms with Crippen LogP contribution < -0.4 is 16.4 Å². The summed E-state index contributed by atoms with van der Waals surface area (Å²) in [6.45, 7) is 8.64. The number of aromatic nitrogens is 2. The van der Waals surface area contributed by atoms with Crippen molar-refractivity contribution in [2.75, 3.05) is 18.4 Å². The standard InChI is InChI=1S/C18H25N5O2/c1-12-14(11-21-23(12)18(2,3)4)17(25)22-15-8-6-5-7-13(15)16(24)20-10-9-19/h5-8,11H,9-10,19H2,1-4H3,(H,20,24)(H,22,25). The van der Waals surface area contributed by atoms with E-state index >= 15 is 0 Å². The lowest BCUT2D eigenvalue weighted by Gasteiger charge is -2.21. The summed E-state index contributed by atoms with van der Waals surface area (Å²) in [4.78, 5) is 24.9. The molecule has 0 saturated heterocycles. The van der Waals surface area contributed by atoms with E-state index < -0.39 is 0 Å². The van der Waals surface area contributed by atoms with Crippen molar-refractivity contribution < 1.29 is 9.59 Å². The van der Waals surface area contributed by atoms with Crippen LogP contribution in [0.2, 0.25) is 0 Å². The highest BCUT2D eigenvalue weighted by Crippen LogP contribution is 2.21. The maximum absolute atomic E-state index is 12.6. The summed E-state index contributed by atoms with van der Waals surface area (Å²) in [6.07, 6.45) is 1.55. The Morgan fingerprint density at radius 3 is 2.44 bits per heavy atom. The van der Waals surface area contributed by atoms with E-state index in [1.54, 1.807) is 30.5 Å². The fourth-order valence-electron chi connectivity index (χ4n) is 2.57. The first-order chi connectivity index (χ1) is 11.8. The number of amides is 2. The van der Waals surface area contributed by atoms with Gasteiger partial charge >= 0.3 is 0 Å². The molecule has 134 valence electrons.